The Morgan fingerprint density at radius 2 is 1.81 bits per heavy atom. The van der Waals surface area contributed by atoms with Gasteiger partial charge in [0, 0.05) is 43.7 Å². The fourth-order valence-electron chi connectivity index (χ4n) is 3.94. The van der Waals surface area contributed by atoms with Crippen molar-refractivity contribution in [1.82, 2.24) is 19.7 Å². The maximum Gasteiger partial charge on any atom is 0.266 e. The first-order valence-corrected chi connectivity index (χ1v) is 9.56. The second kappa shape index (κ2) is 8.10. The standard InChI is InChI=1S/C20H26N4O2/c25-20-2-1-19(18-3-8-21-9-4-18)22-24(20)14-16-5-10-23(11-6-16)13-17-7-12-26-15-17/h1-4,8-9,16-17H,5-7,10-15H2. The molecule has 0 amide bonds. The molecule has 0 aliphatic carbocycles. The molecule has 1 unspecified atom stereocenters. The third-order valence-electron chi connectivity index (χ3n) is 5.52. The van der Waals surface area contributed by atoms with E-state index in [2.05, 4.69) is 15.0 Å². The van der Waals surface area contributed by atoms with Gasteiger partial charge in [-0.15, -0.1) is 0 Å². The summed E-state index contributed by atoms with van der Waals surface area (Å²) >= 11 is 0. The number of piperidine rings is 1. The van der Waals surface area contributed by atoms with Gasteiger partial charge in [0.1, 0.15) is 0 Å². The lowest BCUT2D eigenvalue weighted by atomic mass is 9.95. The van der Waals surface area contributed by atoms with Crippen LogP contribution in [0.4, 0.5) is 0 Å². The van der Waals surface area contributed by atoms with E-state index in [1.165, 1.54) is 6.42 Å². The van der Waals surface area contributed by atoms with Crippen molar-refractivity contribution in [1.29, 1.82) is 0 Å². The molecule has 2 saturated heterocycles. The molecule has 2 aliphatic rings. The third kappa shape index (κ3) is 4.19. The number of aromatic nitrogens is 3. The van der Waals surface area contributed by atoms with Crippen molar-refractivity contribution in [3.63, 3.8) is 0 Å². The van der Waals surface area contributed by atoms with Gasteiger partial charge in [0.2, 0.25) is 0 Å². The van der Waals surface area contributed by atoms with E-state index in [0.717, 1.165) is 56.9 Å². The highest BCUT2D eigenvalue weighted by atomic mass is 16.5. The van der Waals surface area contributed by atoms with Crippen molar-refractivity contribution in [3.8, 4) is 11.3 Å². The normalized spacial score (nSPS) is 21.9. The molecule has 6 nitrogen and oxygen atoms in total. The highest BCUT2D eigenvalue weighted by Crippen LogP contribution is 2.22. The van der Waals surface area contributed by atoms with Crippen LogP contribution in [0, 0.1) is 11.8 Å². The molecule has 4 rings (SSSR count). The number of hydrogen-bond donors (Lipinski definition) is 0. The molecular weight excluding hydrogens is 328 g/mol. The van der Waals surface area contributed by atoms with Gasteiger partial charge in [-0.2, -0.15) is 5.10 Å². The van der Waals surface area contributed by atoms with Gasteiger partial charge in [0.15, 0.2) is 0 Å². The summed E-state index contributed by atoms with van der Waals surface area (Å²) in [5.41, 5.74) is 1.79. The van der Waals surface area contributed by atoms with Gasteiger partial charge >= 0.3 is 0 Å². The summed E-state index contributed by atoms with van der Waals surface area (Å²) in [6.45, 7) is 5.92. The highest BCUT2D eigenvalue weighted by molar-refractivity contribution is 5.56. The van der Waals surface area contributed by atoms with E-state index in [1.807, 2.05) is 12.1 Å². The van der Waals surface area contributed by atoms with Gasteiger partial charge in [0.05, 0.1) is 12.3 Å². The molecule has 4 heterocycles. The minimum atomic E-state index is -0.0201. The summed E-state index contributed by atoms with van der Waals surface area (Å²) in [6, 6.07) is 7.25. The predicted molar refractivity (Wildman–Crippen MR) is 99.8 cm³/mol. The van der Waals surface area contributed by atoms with Gasteiger partial charge in [-0.25, -0.2) is 4.68 Å². The van der Waals surface area contributed by atoms with Crippen molar-refractivity contribution in [2.45, 2.75) is 25.8 Å². The maximum atomic E-state index is 12.2. The van der Waals surface area contributed by atoms with E-state index in [0.29, 0.717) is 18.4 Å². The SMILES string of the molecule is O=c1ccc(-c2ccncc2)nn1CC1CCN(CC2CCOC2)CC1. The van der Waals surface area contributed by atoms with Gasteiger partial charge in [-0.3, -0.25) is 9.78 Å². The Balaban J connectivity index is 1.36. The maximum absolute atomic E-state index is 12.2. The average molecular weight is 354 g/mol. The van der Waals surface area contributed by atoms with Crippen molar-refractivity contribution < 1.29 is 4.74 Å². The summed E-state index contributed by atoms with van der Waals surface area (Å²) in [4.78, 5) is 18.8. The first kappa shape index (κ1) is 17.4. The molecule has 0 N–H and O–H groups in total. The summed E-state index contributed by atoms with van der Waals surface area (Å²) in [5, 5.41) is 4.59. The summed E-state index contributed by atoms with van der Waals surface area (Å²) in [6.07, 6.45) is 6.94. The van der Waals surface area contributed by atoms with E-state index >= 15 is 0 Å². The third-order valence-corrected chi connectivity index (χ3v) is 5.52. The summed E-state index contributed by atoms with van der Waals surface area (Å²) in [5.74, 6) is 1.22. The van der Waals surface area contributed by atoms with Crippen molar-refractivity contribution in [3.05, 3.63) is 47.0 Å². The van der Waals surface area contributed by atoms with E-state index in [1.54, 1.807) is 29.2 Å². The number of nitrogens with zero attached hydrogens (tertiary/aromatic N) is 4. The molecule has 138 valence electrons. The van der Waals surface area contributed by atoms with Gasteiger partial charge in [-0.1, -0.05) is 0 Å². The molecule has 2 fully saturated rings. The first-order chi connectivity index (χ1) is 12.8. The van der Waals surface area contributed by atoms with Gasteiger partial charge in [0.25, 0.3) is 5.56 Å². The lowest BCUT2D eigenvalue weighted by molar-refractivity contribution is 0.134. The molecule has 0 bridgehead atoms. The lowest BCUT2D eigenvalue weighted by Crippen LogP contribution is -2.39. The zero-order valence-electron chi connectivity index (χ0n) is 15.1. The summed E-state index contributed by atoms with van der Waals surface area (Å²) < 4.78 is 7.12. The fourth-order valence-corrected chi connectivity index (χ4v) is 3.94. The second-order valence-corrected chi connectivity index (χ2v) is 7.45. The van der Waals surface area contributed by atoms with Crippen molar-refractivity contribution in [2.75, 3.05) is 32.8 Å². The van der Waals surface area contributed by atoms with Crippen LogP contribution >= 0.6 is 0 Å². The van der Waals surface area contributed by atoms with Crippen molar-refractivity contribution >= 4 is 0 Å². The molecule has 1 atom stereocenters. The van der Waals surface area contributed by atoms with Crippen LogP contribution in [0.25, 0.3) is 11.3 Å². The largest absolute Gasteiger partial charge is 0.381 e. The minimum absolute atomic E-state index is 0.0201. The Bertz CT molecular complexity index is 763. The van der Waals surface area contributed by atoms with Crippen LogP contribution in [0.5, 0.6) is 0 Å². The molecule has 0 radical (unpaired) electrons. The Hall–Kier alpha value is -2.05. The predicted octanol–water partition coefficient (Wildman–Crippen LogP) is 2.05. The first-order valence-electron chi connectivity index (χ1n) is 9.56. The Labute approximate surface area is 153 Å². The molecule has 0 aromatic carbocycles. The molecule has 2 aliphatic heterocycles. The van der Waals surface area contributed by atoms with E-state index in [-0.39, 0.29) is 5.56 Å². The number of rotatable bonds is 5. The monoisotopic (exact) mass is 354 g/mol. The second-order valence-electron chi connectivity index (χ2n) is 7.45. The lowest BCUT2D eigenvalue weighted by Gasteiger charge is -2.33. The average Bonchev–Trinajstić information content (AvgIpc) is 3.19. The Kier molecular flexibility index (Phi) is 5.41. The summed E-state index contributed by atoms with van der Waals surface area (Å²) in [7, 11) is 0. The van der Waals surface area contributed by atoms with E-state index in [9.17, 15) is 4.79 Å². The Morgan fingerprint density at radius 1 is 1.00 bits per heavy atom. The number of likely N-dealkylation sites (tertiary alicyclic amines) is 1. The number of pyridine rings is 1. The van der Waals surface area contributed by atoms with Crippen LogP contribution in [0.2, 0.25) is 0 Å². The number of ether oxygens (including phenoxy) is 1. The molecule has 0 saturated carbocycles. The number of hydrogen-bond acceptors (Lipinski definition) is 5. The molecular formula is C20H26N4O2. The van der Waals surface area contributed by atoms with Crippen LogP contribution < -0.4 is 5.56 Å². The van der Waals surface area contributed by atoms with Gasteiger partial charge < -0.3 is 9.64 Å². The molecule has 2 aromatic rings. The molecule has 6 heteroatoms. The highest BCUT2D eigenvalue weighted by Gasteiger charge is 2.24. The smallest absolute Gasteiger partial charge is 0.266 e. The van der Waals surface area contributed by atoms with Crippen molar-refractivity contribution in [2.24, 2.45) is 11.8 Å². The van der Waals surface area contributed by atoms with Crippen LogP contribution in [-0.2, 0) is 11.3 Å². The van der Waals surface area contributed by atoms with Crippen LogP contribution in [0.3, 0.4) is 0 Å². The van der Waals surface area contributed by atoms with E-state index < -0.39 is 0 Å². The van der Waals surface area contributed by atoms with E-state index in [4.69, 9.17) is 4.74 Å². The quantitative estimate of drug-likeness (QED) is 0.822. The zero-order valence-corrected chi connectivity index (χ0v) is 15.1. The van der Waals surface area contributed by atoms with Crippen LogP contribution in [0.15, 0.2) is 41.5 Å². The van der Waals surface area contributed by atoms with Crippen LogP contribution in [0.1, 0.15) is 19.3 Å². The molecule has 2 aromatic heterocycles. The zero-order chi connectivity index (χ0) is 17.8. The Morgan fingerprint density at radius 3 is 2.54 bits per heavy atom. The molecule has 0 spiro atoms. The topological polar surface area (TPSA) is 60.2 Å². The van der Waals surface area contributed by atoms with Gasteiger partial charge in [-0.05, 0) is 62.4 Å². The van der Waals surface area contributed by atoms with Crippen LogP contribution in [-0.4, -0.2) is 52.5 Å². The molecule has 26 heavy (non-hydrogen) atoms. The minimum Gasteiger partial charge on any atom is -0.381 e. The fraction of sp³-hybridized carbons (Fsp3) is 0.550.